The Kier molecular flexibility index (Phi) is 8.05. The van der Waals surface area contributed by atoms with Gasteiger partial charge in [-0.2, -0.15) is 0 Å². The van der Waals surface area contributed by atoms with E-state index in [4.69, 9.17) is 4.42 Å². The smallest absolute Gasteiger partial charge is 0.143 e. The number of hydrogen-bond donors (Lipinski definition) is 0. The predicted molar refractivity (Wildman–Crippen MR) is 250 cm³/mol. The zero-order valence-corrected chi connectivity index (χ0v) is 33.0. The maximum Gasteiger partial charge on any atom is 0.143 e. The SMILES string of the molecule is c1ccc(CC2Cc3ccccc3-c3ccc(N(c4ccc(-c5cccc6c5oc5ccccc56)cc4)c4ccc5c6ccccc6n(-c6ccccc6)c5c4)cc32)cc1. The standard InChI is InChI=1S/C57H40N2O/c1-3-14-38(15-4-1)34-41-35-40-16-7-8-19-46(40)48-32-30-44(36-53(41)48)58(43-28-26-39(27-29-43)47-22-13-23-52-51-21-10-12-25-56(51)60-57(47)52)45-31-33-50-49-20-9-11-24-54(49)59(55(50)37-45)42-17-5-2-6-18-42/h1-33,36-37,41H,34-35H2. The molecule has 0 fully saturated rings. The first-order valence-electron chi connectivity index (χ1n) is 20.9. The molecule has 0 spiro atoms. The van der Waals surface area contributed by atoms with Crippen LogP contribution in [0.25, 0.3) is 71.7 Å². The molecule has 1 aliphatic carbocycles. The van der Waals surface area contributed by atoms with Crippen LogP contribution in [-0.2, 0) is 12.8 Å². The van der Waals surface area contributed by atoms with Crippen molar-refractivity contribution in [3.63, 3.8) is 0 Å². The number of benzene rings is 9. The third kappa shape index (κ3) is 5.66. The Hall–Kier alpha value is -7.62. The van der Waals surface area contributed by atoms with Gasteiger partial charge in [-0.3, -0.25) is 0 Å². The monoisotopic (exact) mass is 768 g/mol. The third-order valence-electron chi connectivity index (χ3n) is 12.6. The average Bonchev–Trinajstić information content (AvgIpc) is 3.86. The first kappa shape index (κ1) is 34.4. The maximum absolute atomic E-state index is 6.49. The Morgan fingerprint density at radius 2 is 1.12 bits per heavy atom. The largest absolute Gasteiger partial charge is 0.455 e. The van der Waals surface area contributed by atoms with Crippen molar-refractivity contribution < 1.29 is 4.42 Å². The number of para-hydroxylation sites is 4. The van der Waals surface area contributed by atoms with E-state index in [0.29, 0.717) is 5.92 Å². The molecule has 0 N–H and O–H groups in total. The molecular weight excluding hydrogens is 729 g/mol. The van der Waals surface area contributed by atoms with Crippen LogP contribution in [0, 0.1) is 0 Å². The number of aromatic nitrogens is 1. The number of rotatable bonds is 7. The second-order valence-electron chi connectivity index (χ2n) is 16.1. The molecule has 1 unspecified atom stereocenters. The Bertz CT molecular complexity index is 3370. The normalized spacial score (nSPS) is 13.5. The molecule has 12 rings (SSSR count). The summed E-state index contributed by atoms with van der Waals surface area (Å²) >= 11 is 0. The van der Waals surface area contributed by atoms with E-state index in [0.717, 1.165) is 68.7 Å². The fourth-order valence-electron chi connectivity index (χ4n) is 9.85. The molecule has 0 aliphatic heterocycles. The van der Waals surface area contributed by atoms with Crippen molar-refractivity contribution in [1.82, 2.24) is 4.57 Å². The Morgan fingerprint density at radius 1 is 0.467 bits per heavy atom. The Morgan fingerprint density at radius 3 is 1.98 bits per heavy atom. The van der Waals surface area contributed by atoms with Crippen molar-refractivity contribution in [2.24, 2.45) is 0 Å². The van der Waals surface area contributed by atoms with Crippen molar-refractivity contribution in [3.05, 3.63) is 229 Å². The van der Waals surface area contributed by atoms with Gasteiger partial charge in [0.2, 0.25) is 0 Å². The second kappa shape index (κ2) is 14.0. The lowest BCUT2D eigenvalue weighted by atomic mass is 9.76. The lowest BCUT2D eigenvalue weighted by molar-refractivity contribution is 0.670. The lowest BCUT2D eigenvalue weighted by Crippen LogP contribution is -2.16. The highest BCUT2D eigenvalue weighted by Crippen LogP contribution is 2.46. The quantitative estimate of drug-likeness (QED) is 0.161. The number of nitrogens with zero attached hydrogens (tertiary/aromatic N) is 2. The molecule has 0 amide bonds. The van der Waals surface area contributed by atoms with Gasteiger partial charge in [-0.25, -0.2) is 0 Å². The first-order valence-corrected chi connectivity index (χ1v) is 20.9. The second-order valence-corrected chi connectivity index (χ2v) is 16.1. The van der Waals surface area contributed by atoms with Gasteiger partial charge in [-0.05, 0) is 113 Å². The predicted octanol–water partition coefficient (Wildman–Crippen LogP) is 15.4. The fraction of sp³-hybridized carbons (Fsp3) is 0.0526. The molecule has 1 atom stereocenters. The van der Waals surface area contributed by atoms with E-state index in [1.54, 1.807) is 0 Å². The minimum atomic E-state index is 0.342. The molecule has 3 nitrogen and oxygen atoms in total. The number of hydrogen-bond acceptors (Lipinski definition) is 2. The van der Waals surface area contributed by atoms with Gasteiger partial charge in [-0.15, -0.1) is 0 Å². The zero-order valence-electron chi connectivity index (χ0n) is 33.0. The highest BCUT2D eigenvalue weighted by molar-refractivity contribution is 6.11. The topological polar surface area (TPSA) is 21.3 Å². The van der Waals surface area contributed by atoms with Crippen molar-refractivity contribution >= 4 is 60.8 Å². The van der Waals surface area contributed by atoms with Gasteiger partial charge in [0.1, 0.15) is 11.2 Å². The number of fused-ring (bicyclic) bond motifs is 9. The summed E-state index contributed by atoms with van der Waals surface area (Å²) in [5.74, 6) is 0.342. The summed E-state index contributed by atoms with van der Waals surface area (Å²) in [6, 6.07) is 77.3. The summed E-state index contributed by atoms with van der Waals surface area (Å²) in [7, 11) is 0. The molecule has 1 aliphatic rings. The average molecular weight is 769 g/mol. The summed E-state index contributed by atoms with van der Waals surface area (Å²) in [5.41, 5.74) is 17.7. The van der Waals surface area contributed by atoms with Crippen LogP contribution in [-0.4, -0.2) is 4.57 Å². The molecule has 0 saturated heterocycles. The summed E-state index contributed by atoms with van der Waals surface area (Å²) < 4.78 is 8.89. The summed E-state index contributed by atoms with van der Waals surface area (Å²) in [6.07, 6.45) is 1.99. The molecule has 2 heterocycles. The molecular formula is C57H40N2O. The maximum atomic E-state index is 6.49. The molecule has 9 aromatic carbocycles. The van der Waals surface area contributed by atoms with Crippen LogP contribution in [0.15, 0.2) is 217 Å². The van der Waals surface area contributed by atoms with Crippen molar-refractivity contribution in [2.75, 3.05) is 4.90 Å². The van der Waals surface area contributed by atoms with Gasteiger partial charge in [0.25, 0.3) is 0 Å². The van der Waals surface area contributed by atoms with E-state index in [1.165, 1.54) is 49.6 Å². The molecule has 0 radical (unpaired) electrons. The van der Waals surface area contributed by atoms with E-state index in [1.807, 2.05) is 6.07 Å². The van der Waals surface area contributed by atoms with Crippen LogP contribution < -0.4 is 4.90 Å². The van der Waals surface area contributed by atoms with Gasteiger partial charge in [0.15, 0.2) is 0 Å². The molecule has 60 heavy (non-hydrogen) atoms. The van der Waals surface area contributed by atoms with Gasteiger partial charge in [0.05, 0.1) is 11.0 Å². The molecule has 284 valence electrons. The van der Waals surface area contributed by atoms with E-state index < -0.39 is 0 Å². The summed E-state index contributed by atoms with van der Waals surface area (Å²) in [6.45, 7) is 0. The van der Waals surface area contributed by atoms with E-state index in [9.17, 15) is 0 Å². The number of anilines is 3. The van der Waals surface area contributed by atoms with Crippen molar-refractivity contribution in [1.29, 1.82) is 0 Å². The Labute approximate surface area is 349 Å². The molecule has 11 aromatic rings. The van der Waals surface area contributed by atoms with Crippen LogP contribution in [0.2, 0.25) is 0 Å². The van der Waals surface area contributed by atoms with Crippen LogP contribution >= 0.6 is 0 Å². The van der Waals surface area contributed by atoms with Gasteiger partial charge >= 0.3 is 0 Å². The van der Waals surface area contributed by atoms with Gasteiger partial charge < -0.3 is 13.9 Å². The van der Waals surface area contributed by atoms with E-state index in [-0.39, 0.29) is 0 Å². The van der Waals surface area contributed by atoms with Crippen LogP contribution in [0.5, 0.6) is 0 Å². The van der Waals surface area contributed by atoms with Crippen LogP contribution in [0.4, 0.5) is 17.1 Å². The van der Waals surface area contributed by atoms with Gasteiger partial charge in [0, 0.05) is 49.9 Å². The summed E-state index contributed by atoms with van der Waals surface area (Å²) in [4.78, 5) is 2.44. The Balaban J connectivity index is 1.05. The zero-order chi connectivity index (χ0) is 39.6. The highest BCUT2D eigenvalue weighted by Gasteiger charge is 2.27. The van der Waals surface area contributed by atoms with Crippen molar-refractivity contribution in [2.45, 2.75) is 18.8 Å². The molecule has 3 heteroatoms. The lowest BCUT2D eigenvalue weighted by Gasteiger charge is -2.31. The fourth-order valence-corrected chi connectivity index (χ4v) is 9.85. The molecule has 2 aromatic heterocycles. The summed E-state index contributed by atoms with van der Waals surface area (Å²) in [5, 5.41) is 4.75. The minimum absolute atomic E-state index is 0.342. The molecule has 0 bridgehead atoms. The first-order chi connectivity index (χ1) is 29.7. The van der Waals surface area contributed by atoms with Crippen molar-refractivity contribution in [3.8, 4) is 27.9 Å². The minimum Gasteiger partial charge on any atom is -0.455 e. The molecule has 0 saturated carbocycles. The van der Waals surface area contributed by atoms with E-state index in [2.05, 4.69) is 216 Å². The highest BCUT2D eigenvalue weighted by atomic mass is 16.3. The van der Waals surface area contributed by atoms with Gasteiger partial charge in [-0.1, -0.05) is 152 Å². The van der Waals surface area contributed by atoms with Crippen LogP contribution in [0.1, 0.15) is 22.6 Å². The van der Waals surface area contributed by atoms with Crippen LogP contribution in [0.3, 0.4) is 0 Å². The van der Waals surface area contributed by atoms with E-state index >= 15 is 0 Å². The number of furan rings is 1. The third-order valence-corrected chi connectivity index (χ3v) is 12.6.